The number of halogens is 1. The fraction of sp³-hybridized carbons (Fsp3) is 0.130. The molecule has 0 saturated heterocycles. The molecule has 0 unspecified atom stereocenters. The molecule has 3 aromatic carbocycles. The highest BCUT2D eigenvalue weighted by Gasteiger charge is 2.28. The number of hydrazone groups is 1. The molecule has 0 saturated carbocycles. The summed E-state index contributed by atoms with van der Waals surface area (Å²) in [6.07, 6.45) is 1.23. The summed E-state index contributed by atoms with van der Waals surface area (Å²) in [6.45, 7) is 1.13. The van der Waals surface area contributed by atoms with E-state index >= 15 is 0 Å². The molecule has 8 nitrogen and oxygen atoms in total. The SMILES string of the molecule is COc1cccc(/C=N\NC(=O)CN(c2cccc(Cl)c2C)S(=O)(=O)c2ccccc2)c1O. The molecule has 0 radical (unpaired) electrons. The van der Waals surface area contributed by atoms with E-state index in [1.807, 2.05) is 0 Å². The Balaban J connectivity index is 1.88. The molecule has 0 aliphatic rings. The van der Waals surface area contributed by atoms with E-state index < -0.39 is 22.5 Å². The van der Waals surface area contributed by atoms with E-state index in [4.69, 9.17) is 16.3 Å². The van der Waals surface area contributed by atoms with Crippen LogP contribution in [0.25, 0.3) is 0 Å². The van der Waals surface area contributed by atoms with E-state index in [1.54, 1.807) is 61.5 Å². The summed E-state index contributed by atoms with van der Waals surface area (Å²) in [5.74, 6) is -0.574. The maximum absolute atomic E-state index is 13.4. The number of carbonyl (C=O) groups excluding carboxylic acids is 1. The van der Waals surface area contributed by atoms with Gasteiger partial charge in [0.1, 0.15) is 6.54 Å². The van der Waals surface area contributed by atoms with Crippen LogP contribution in [0.2, 0.25) is 5.02 Å². The van der Waals surface area contributed by atoms with Gasteiger partial charge in [0.25, 0.3) is 15.9 Å². The zero-order valence-electron chi connectivity index (χ0n) is 17.9. The molecule has 0 fully saturated rings. The molecule has 1 amide bonds. The summed E-state index contributed by atoms with van der Waals surface area (Å²) in [5, 5.41) is 14.3. The quantitative estimate of drug-likeness (QED) is 0.372. The fourth-order valence-electron chi connectivity index (χ4n) is 3.03. The lowest BCUT2D eigenvalue weighted by Crippen LogP contribution is -2.40. The van der Waals surface area contributed by atoms with Gasteiger partial charge in [-0.15, -0.1) is 0 Å². The maximum Gasteiger partial charge on any atom is 0.264 e. The smallest absolute Gasteiger partial charge is 0.264 e. The number of para-hydroxylation sites is 1. The second kappa shape index (κ2) is 10.4. The zero-order chi connectivity index (χ0) is 24.0. The Morgan fingerprint density at radius 2 is 1.82 bits per heavy atom. The first-order valence-electron chi connectivity index (χ1n) is 9.76. The van der Waals surface area contributed by atoms with E-state index in [9.17, 15) is 18.3 Å². The number of ether oxygens (including phenoxy) is 1. The van der Waals surface area contributed by atoms with E-state index in [2.05, 4.69) is 10.5 Å². The van der Waals surface area contributed by atoms with Gasteiger partial charge in [0.2, 0.25) is 0 Å². The molecule has 0 aromatic heterocycles. The summed E-state index contributed by atoms with van der Waals surface area (Å²) in [4.78, 5) is 12.7. The van der Waals surface area contributed by atoms with Gasteiger partial charge < -0.3 is 9.84 Å². The topological polar surface area (TPSA) is 108 Å². The summed E-state index contributed by atoms with van der Waals surface area (Å²) >= 11 is 6.20. The van der Waals surface area contributed by atoms with Gasteiger partial charge in [-0.1, -0.05) is 41.9 Å². The van der Waals surface area contributed by atoms with Gasteiger partial charge in [0, 0.05) is 10.6 Å². The average Bonchev–Trinajstić information content (AvgIpc) is 2.81. The molecule has 33 heavy (non-hydrogen) atoms. The molecule has 0 atom stereocenters. The van der Waals surface area contributed by atoms with Gasteiger partial charge in [-0.25, -0.2) is 13.8 Å². The first-order chi connectivity index (χ1) is 15.8. The normalized spacial score (nSPS) is 11.4. The van der Waals surface area contributed by atoms with Crippen molar-refractivity contribution in [2.24, 2.45) is 5.10 Å². The van der Waals surface area contributed by atoms with Crippen LogP contribution in [-0.2, 0) is 14.8 Å². The van der Waals surface area contributed by atoms with E-state index in [1.165, 1.54) is 25.5 Å². The predicted octanol–water partition coefficient (Wildman–Crippen LogP) is 3.71. The highest BCUT2D eigenvalue weighted by Crippen LogP contribution is 2.31. The highest BCUT2D eigenvalue weighted by atomic mass is 35.5. The Morgan fingerprint density at radius 3 is 2.52 bits per heavy atom. The number of hydrogen-bond donors (Lipinski definition) is 2. The Hall–Kier alpha value is -3.56. The van der Waals surface area contributed by atoms with Crippen LogP contribution in [0.1, 0.15) is 11.1 Å². The third kappa shape index (κ3) is 5.44. The fourth-order valence-corrected chi connectivity index (χ4v) is 4.70. The Kier molecular flexibility index (Phi) is 7.57. The van der Waals surface area contributed by atoms with Crippen LogP contribution in [-0.4, -0.2) is 39.3 Å². The summed E-state index contributed by atoms with van der Waals surface area (Å²) in [5.41, 5.74) is 3.39. The molecule has 0 spiro atoms. The van der Waals surface area contributed by atoms with Crippen LogP contribution in [0.15, 0.2) is 76.7 Å². The number of methoxy groups -OCH3 is 1. The largest absolute Gasteiger partial charge is 0.504 e. The molecule has 2 N–H and O–H groups in total. The summed E-state index contributed by atoms with van der Waals surface area (Å²) in [6, 6.07) is 17.4. The number of benzene rings is 3. The first kappa shape index (κ1) is 24.1. The molecule has 3 rings (SSSR count). The van der Waals surface area contributed by atoms with Crippen molar-refractivity contribution < 1.29 is 23.1 Å². The van der Waals surface area contributed by atoms with E-state index in [0.29, 0.717) is 16.1 Å². The number of aromatic hydroxyl groups is 1. The van der Waals surface area contributed by atoms with Crippen molar-refractivity contribution in [3.05, 3.63) is 82.9 Å². The molecular weight excluding hydrogens is 466 g/mol. The maximum atomic E-state index is 13.4. The third-order valence-corrected chi connectivity index (χ3v) is 6.95. The number of phenols is 1. The number of carbonyl (C=O) groups is 1. The monoisotopic (exact) mass is 487 g/mol. The molecular formula is C23H22ClN3O5S. The molecule has 10 heteroatoms. The predicted molar refractivity (Wildman–Crippen MR) is 128 cm³/mol. The number of phenolic OH excluding ortho intramolecular Hbond substituents is 1. The molecule has 3 aromatic rings. The second-order valence-corrected chi connectivity index (χ2v) is 9.17. The highest BCUT2D eigenvalue weighted by molar-refractivity contribution is 7.92. The minimum Gasteiger partial charge on any atom is -0.504 e. The van der Waals surface area contributed by atoms with Crippen LogP contribution in [0, 0.1) is 6.92 Å². The summed E-state index contributed by atoms with van der Waals surface area (Å²) in [7, 11) is -2.66. The van der Waals surface area contributed by atoms with Crippen molar-refractivity contribution in [2.45, 2.75) is 11.8 Å². The lowest BCUT2D eigenvalue weighted by atomic mass is 10.2. The van der Waals surface area contributed by atoms with Crippen molar-refractivity contribution in [1.82, 2.24) is 5.43 Å². The zero-order valence-corrected chi connectivity index (χ0v) is 19.5. The number of nitrogens with zero attached hydrogens (tertiary/aromatic N) is 2. The number of amides is 1. The van der Waals surface area contributed by atoms with Gasteiger partial charge in [-0.05, 0) is 48.9 Å². The summed E-state index contributed by atoms with van der Waals surface area (Å²) < 4.78 is 32.7. The van der Waals surface area contributed by atoms with Gasteiger partial charge in [-0.3, -0.25) is 9.10 Å². The third-order valence-electron chi connectivity index (χ3n) is 4.77. The van der Waals surface area contributed by atoms with Crippen LogP contribution < -0.4 is 14.5 Å². The molecule has 0 aliphatic carbocycles. The van der Waals surface area contributed by atoms with E-state index in [-0.39, 0.29) is 22.1 Å². The van der Waals surface area contributed by atoms with Crippen molar-refractivity contribution in [3.63, 3.8) is 0 Å². The van der Waals surface area contributed by atoms with Gasteiger partial charge in [0.15, 0.2) is 11.5 Å². The Labute approximate surface area is 197 Å². The number of rotatable bonds is 8. The van der Waals surface area contributed by atoms with Crippen LogP contribution >= 0.6 is 11.6 Å². The number of nitrogens with one attached hydrogen (secondary N) is 1. The van der Waals surface area contributed by atoms with Gasteiger partial charge >= 0.3 is 0 Å². The van der Waals surface area contributed by atoms with Crippen LogP contribution in [0.4, 0.5) is 5.69 Å². The van der Waals surface area contributed by atoms with E-state index in [0.717, 1.165) is 4.31 Å². The number of hydrogen-bond acceptors (Lipinski definition) is 6. The van der Waals surface area contributed by atoms with Crippen LogP contribution in [0.5, 0.6) is 11.5 Å². The van der Waals surface area contributed by atoms with Gasteiger partial charge in [-0.2, -0.15) is 5.10 Å². The average molecular weight is 488 g/mol. The first-order valence-corrected chi connectivity index (χ1v) is 11.6. The minimum atomic E-state index is -4.08. The molecule has 0 bridgehead atoms. The van der Waals surface area contributed by atoms with Crippen molar-refractivity contribution in [2.75, 3.05) is 18.0 Å². The number of sulfonamides is 1. The van der Waals surface area contributed by atoms with Crippen LogP contribution in [0.3, 0.4) is 0 Å². The number of anilines is 1. The lowest BCUT2D eigenvalue weighted by molar-refractivity contribution is -0.119. The Bertz CT molecular complexity index is 1280. The van der Waals surface area contributed by atoms with Crippen molar-refractivity contribution >= 4 is 39.4 Å². The minimum absolute atomic E-state index is 0.0296. The molecule has 172 valence electrons. The standard InChI is InChI=1S/C23H22ClN3O5S/c1-16-19(24)11-7-12-20(16)27(33(30,31)18-9-4-3-5-10-18)15-22(28)26-25-14-17-8-6-13-21(32-2)23(17)29/h3-14,29H,15H2,1-2H3,(H,26,28)/b25-14-. The Morgan fingerprint density at radius 1 is 1.12 bits per heavy atom. The second-order valence-electron chi connectivity index (χ2n) is 6.90. The molecule has 0 heterocycles. The molecule has 0 aliphatic heterocycles. The van der Waals surface area contributed by atoms with Gasteiger partial charge in [0.05, 0.1) is 23.9 Å². The van der Waals surface area contributed by atoms with Crippen molar-refractivity contribution in [1.29, 1.82) is 0 Å². The lowest BCUT2D eigenvalue weighted by Gasteiger charge is -2.25. The van der Waals surface area contributed by atoms with Crippen molar-refractivity contribution in [3.8, 4) is 11.5 Å².